The second kappa shape index (κ2) is 9.22. The molecule has 0 aliphatic heterocycles. The fraction of sp³-hybridized carbons (Fsp3) is 0.692. The van der Waals surface area contributed by atoms with Crippen LogP contribution in [0.2, 0.25) is 0 Å². The van der Waals surface area contributed by atoms with Gasteiger partial charge in [0.05, 0.1) is 12.9 Å². The average Bonchev–Trinajstić information content (AvgIpc) is 2.80. The van der Waals surface area contributed by atoms with Gasteiger partial charge >= 0.3 is 0 Å². The molecule has 98 valence electrons. The number of rotatable bonds is 10. The molecular weight excluding hydrogens is 216 g/mol. The third kappa shape index (κ3) is 5.86. The molecule has 0 unspecified atom stereocenters. The Morgan fingerprint density at radius 3 is 2.82 bits per heavy atom. The summed E-state index contributed by atoms with van der Waals surface area (Å²) in [5.41, 5.74) is 1.28. The molecule has 17 heavy (non-hydrogen) atoms. The Balaban J connectivity index is 1.97. The van der Waals surface area contributed by atoms with Gasteiger partial charge in [-0.15, -0.1) is 0 Å². The normalized spacial score (nSPS) is 10.9. The van der Waals surface area contributed by atoms with E-state index in [9.17, 15) is 0 Å². The van der Waals surface area contributed by atoms with E-state index >= 15 is 0 Å². The van der Waals surface area contributed by atoms with E-state index in [0.717, 1.165) is 51.4 Å². The zero-order valence-corrected chi connectivity index (χ0v) is 10.9. The van der Waals surface area contributed by atoms with Crippen molar-refractivity contribution in [2.75, 3.05) is 33.4 Å². The fourth-order valence-corrected chi connectivity index (χ4v) is 1.70. The second-order valence-electron chi connectivity index (χ2n) is 4.00. The first-order valence-electron chi connectivity index (χ1n) is 6.34. The summed E-state index contributed by atoms with van der Waals surface area (Å²) in [5, 5.41) is 6.74. The van der Waals surface area contributed by atoms with Crippen LogP contribution in [0.3, 0.4) is 0 Å². The highest BCUT2D eigenvalue weighted by atomic mass is 16.5. The van der Waals surface area contributed by atoms with E-state index in [4.69, 9.17) is 9.15 Å². The van der Waals surface area contributed by atoms with Gasteiger partial charge in [0.1, 0.15) is 5.76 Å². The molecule has 0 fully saturated rings. The summed E-state index contributed by atoms with van der Waals surface area (Å²) >= 11 is 0. The van der Waals surface area contributed by atoms with E-state index in [1.165, 1.54) is 5.56 Å². The van der Waals surface area contributed by atoms with Crippen LogP contribution in [0, 0.1) is 0 Å². The van der Waals surface area contributed by atoms with Gasteiger partial charge in [-0.1, -0.05) is 6.92 Å². The molecule has 0 amide bonds. The molecule has 1 aromatic rings. The maximum atomic E-state index is 5.37. The largest absolute Gasteiger partial charge is 0.469 e. The molecule has 4 heteroatoms. The third-order valence-corrected chi connectivity index (χ3v) is 2.66. The first-order valence-corrected chi connectivity index (χ1v) is 6.34. The number of furan rings is 1. The van der Waals surface area contributed by atoms with Gasteiger partial charge in [-0.05, 0) is 25.6 Å². The van der Waals surface area contributed by atoms with Gasteiger partial charge in [-0.3, -0.25) is 0 Å². The number of nitrogens with one attached hydrogen (secondary N) is 2. The molecule has 0 spiro atoms. The summed E-state index contributed by atoms with van der Waals surface area (Å²) in [6.45, 7) is 6.77. The lowest BCUT2D eigenvalue weighted by molar-refractivity contribution is 0.199. The van der Waals surface area contributed by atoms with Gasteiger partial charge < -0.3 is 19.8 Å². The van der Waals surface area contributed by atoms with Crippen molar-refractivity contribution in [3.05, 3.63) is 23.7 Å². The summed E-state index contributed by atoms with van der Waals surface area (Å²) in [7, 11) is 1.72. The predicted molar refractivity (Wildman–Crippen MR) is 69.2 cm³/mol. The molecule has 0 bridgehead atoms. The van der Waals surface area contributed by atoms with Crippen molar-refractivity contribution in [2.24, 2.45) is 0 Å². The summed E-state index contributed by atoms with van der Waals surface area (Å²) in [6.07, 6.45) is 3.85. The molecule has 4 nitrogen and oxygen atoms in total. The molecule has 1 aromatic heterocycles. The zero-order valence-electron chi connectivity index (χ0n) is 10.9. The van der Waals surface area contributed by atoms with Crippen molar-refractivity contribution in [3.8, 4) is 0 Å². The summed E-state index contributed by atoms with van der Waals surface area (Å²) in [5.74, 6) is 1.09. The number of aryl methyl sites for hydroxylation is 1. The van der Waals surface area contributed by atoms with Crippen molar-refractivity contribution in [3.63, 3.8) is 0 Å². The molecule has 0 atom stereocenters. The van der Waals surface area contributed by atoms with Gasteiger partial charge in [0.2, 0.25) is 0 Å². The van der Waals surface area contributed by atoms with Crippen LogP contribution in [0.4, 0.5) is 0 Å². The van der Waals surface area contributed by atoms with E-state index in [-0.39, 0.29) is 0 Å². The maximum Gasteiger partial charge on any atom is 0.107 e. The van der Waals surface area contributed by atoms with E-state index in [0.29, 0.717) is 0 Å². The molecule has 2 N–H and O–H groups in total. The average molecular weight is 240 g/mol. The molecule has 1 heterocycles. The van der Waals surface area contributed by atoms with Gasteiger partial charge in [0, 0.05) is 32.2 Å². The van der Waals surface area contributed by atoms with E-state index in [1.807, 2.05) is 6.07 Å². The summed E-state index contributed by atoms with van der Waals surface area (Å²) in [4.78, 5) is 0. The Kier molecular flexibility index (Phi) is 7.71. The molecular formula is C13H24N2O2. The van der Waals surface area contributed by atoms with Crippen molar-refractivity contribution in [2.45, 2.75) is 26.3 Å². The monoisotopic (exact) mass is 240 g/mol. The standard InChI is InChI=1S/C13H24N2O2/c1-3-13-12(5-9-17-13)11-15-7-4-6-14-8-10-16-2/h5,9,14-15H,3-4,6-8,10-11H2,1-2H3. The Bertz CT molecular complexity index is 287. The molecule has 0 aliphatic rings. The van der Waals surface area contributed by atoms with Crippen molar-refractivity contribution in [1.29, 1.82) is 0 Å². The first kappa shape index (κ1) is 14.2. The summed E-state index contributed by atoms with van der Waals surface area (Å²) < 4.78 is 10.3. The lowest BCUT2D eigenvalue weighted by Crippen LogP contribution is -2.24. The van der Waals surface area contributed by atoms with E-state index in [1.54, 1.807) is 13.4 Å². The highest BCUT2D eigenvalue weighted by Crippen LogP contribution is 2.10. The van der Waals surface area contributed by atoms with Crippen molar-refractivity contribution >= 4 is 0 Å². The van der Waals surface area contributed by atoms with Crippen LogP contribution >= 0.6 is 0 Å². The first-order chi connectivity index (χ1) is 8.38. The molecule has 0 saturated carbocycles. The highest BCUT2D eigenvalue weighted by molar-refractivity contribution is 5.16. The van der Waals surface area contributed by atoms with Crippen LogP contribution in [-0.2, 0) is 17.7 Å². The van der Waals surface area contributed by atoms with E-state index < -0.39 is 0 Å². The Labute approximate surface area is 104 Å². The Morgan fingerprint density at radius 2 is 2.06 bits per heavy atom. The number of hydrogen-bond donors (Lipinski definition) is 2. The lowest BCUT2D eigenvalue weighted by atomic mass is 10.2. The lowest BCUT2D eigenvalue weighted by Gasteiger charge is -2.06. The molecule has 0 aliphatic carbocycles. The molecule has 0 saturated heterocycles. The number of hydrogen-bond acceptors (Lipinski definition) is 4. The minimum Gasteiger partial charge on any atom is -0.469 e. The highest BCUT2D eigenvalue weighted by Gasteiger charge is 2.02. The van der Waals surface area contributed by atoms with Gasteiger partial charge in [0.25, 0.3) is 0 Å². The van der Waals surface area contributed by atoms with Crippen molar-refractivity contribution in [1.82, 2.24) is 10.6 Å². The van der Waals surface area contributed by atoms with E-state index in [2.05, 4.69) is 17.6 Å². The Hall–Kier alpha value is -0.840. The Morgan fingerprint density at radius 1 is 1.24 bits per heavy atom. The van der Waals surface area contributed by atoms with Gasteiger partial charge in [0.15, 0.2) is 0 Å². The number of methoxy groups -OCH3 is 1. The number of ether oxygens (including phenoxy) is 1. The predicted octanol–water partition coefficient (Wildman–Crippen LogP) is 1.56. The quantitative estimate of drug-likeness (QED) is 0.609. The smallest absolute Gasteiger partial charge is 0.107 e. The second-order valence-corrected chi connectivity index (χ2v) is 4.00. The van der Waals surface area contributed by atoms with Crippen LogP contribution < -0.4 is 10.6 Å². The minimum atomic E-state index is 0.780. The van der Waals surface area contributed by atoms with Crippen LogP contribution in [0.5, 0.6) is 0 Å². The van der Waals surface area contributed by atoms with Gasteiger partial charge in [-0.25, -0.2) is 0 Å². The zero-order chi connectivity index (χ0) is 12.3. The van der Waals surface area contributed by atoms with Crippen LogP contribution in [0.25, 0.3) is 0 Å². The van der Waals surface area contributed by atoms with Crippen molar-refractivity contribution < 1.29 is 9.15 Å². The van der Waals surface area contributed by atoms with Crippen LogP contribution in [0.1, 0.15) is 24.7 Å². The maximum absolute atomic E-state index is 5.37. The van der Waals surface area contributed by atoms with Gasteiger partial charge in [-0.2, -0.15) is 0 Å². The van der Waals surface area contributed by atoms with Crippen LogP contribution in [-0.4, -0.2) is 33.4 Å². The minimum absolute atomic E-state index is 0.780. The van der Waals surface area contributed by atoms with Crippen LogP contribution in [0.15, 0.2) is 16.7 Å². The molecule has 0 radical (unpaired) electrons. The fourth-order valence-electron chi connectivity index (χ4n) is 1.70. The molecule has 0 aromatic carbocycles. The SMILES string of the molecule is CCc1occc1CNCCCNCCOC. The third-order valence-electron chi connectivity index (χ3n) is 2.66. The topological polar surface area (TPSA) is 46.4 Å². The summed E-state index contributed by atoms with van der Waals surface area (Å²) in [6, 6.07) is 2.04. The molecule has 1 rings (SSSR count).